The summed E-state index contributed by atoms with van der Waals surface area (Å²) in [6, 6.07) is 10.1. The summed E-state index contributed by atoms with van der Waals surface area (Å²) < 4.78 is 44.3. The normalized spacial score (nSPS) is 13.6. The van der Waals surface area contributed by atoms with E-state index < -0.39 is 15.9 Å². The maximum absolute atomic E-state index is 14.8. The third kappa shape index (κ3) is 5.47. The van der Waals surface area contributed by atoms with Crippen LogP contribution in [0.1, 0.15) is 47.2 Å². The van der Waals surface area contributed by atoms with Crippen LogP contribution in [0.4, 0.5) is 4.39 Å². The molecule has 0 saturated carbocycles. The number of nitrogens with one attached hydrogen (secondary N) is 1. The highest BCUT2D eigenvalue weighted by atomic mass is 35.5. The summed E-state index contributed by atoms with van der Waals surface area (Å²) in [5.74, 6) is -1.09. The summed E-state index contributed by atoms with van der Waals surface area (Å²) in [4.78, 5) is 12.7. The molecule has 5 nitrogen and oxygen atoms in total. The number of carbonyl (C=O) groups is 1. The first-order chi connectivity index (χ1) is 18.0. The van der Waals surface area contributed by atoms with E-state index in [4.69, 9.17) is 34.8 Å². The minimum atomic E-state index is -4.12. The van der Waals surface area contributed by atoms with E-state index in [1.54, 1.807) is 6.07 Å². The van der Waals surface area contributed by atoms with Crippen molar-refractivity contribution in [2.75, 3.05) is 0 Å². The summed E-state index contributed by atoms with van der Waals surface area (Å²) in [6.07, 6.45) is 3.81. The van der Waals surface area contributed by atoms with Crippen LogP contribution >= 0.6 is 46.1 Å². The predicted octanol–water partition coefficient (Wildman–Crippen LogP) is 7.48. The molecule has 2 aromatic heterocycles. The van der Waals surface area contributed by atoms with Gasteiger partial charge in [-0.25, -0.2) is 17.5 Å². The molecule has 0 atom stereocenters. The number of thiophene rings is 1. The van der Waals surface area contributed by atoms with Crippen LogP contribution in [0.2, 0.25) is 14.4 Å². The van der Waals surface area contributed by atoms with Crippen LogP contribution in [-0.4, -0.2) is 18.9 Å². The van der Waals surface area contributed by atoms with Gasteiger partial charge in [-0.3, -0.25) is 4.79 Å². The number of hydrogen-bond donors (Lipinski definition) is 1. The summed E-state index contributed by atoms with van der Waals surface area (Å²) in [5, 5.41) is 1.61. The van der Waals surface area contributed by atoms with E-state index in [2.05, 4.69) is 9.29 Å². The van der Waals surface area contributed by atoms with Crippen molar-refractivity contribution in [1.82, 2.24) is 9.29 Å². The molecule has 1 aliphatic rings. The average Bonchev–Trinajstić information content (AvgIpc) is 3.36. The largest absolute Gasteiger partial charge is 0.340 e. The molecular formula is C27H24Cl3FN2O3S2. The van der Waals surface area contributed by atoms with Gasteiger partial charge in [0.05, 0.1) is 10.5 Å². The van der Waals surface area contributed by atoms with Crippen molar-refractivity contribution in [3.8, 4) is 0 Å². The van der Waals surface area contributed by atoms with Crippen molar-refractivity contribution < 1.29 is 17.6 Å². The molecule has 200 valence electrons. The molecule has 0 radical (unpaired) electrons. The lowest BCUT2D eigenvalue weighted by atomic mass is 9.94. The molecule has 5 rings (SSSR count). The number of fused-ring (bicyclic) bond motifs is 3. The number of aromatic nitrogens is 1. The topological polar surface area (TPSA) is 68.2 Å². The van der Waals surface area contributed by atoms with Gasteiger partial charge in [-0.05, 0) is 85.5 Å². The van der Waals surface area contributed by atoms with E-state index in [-0.39, 0.29) is 32.2 Å². The zero-order chi connectivity index (χ0) is 27.2. The van der Waals surface area contributed by atoms with Gasteiger partial charge >= 0.3 is 0 Å². The zero-order valence-corrected chi connectivity index (χ0v) is 24.3. The van der Waals surface area contributed by atoms with Gasteiger partial charge < -0.3 is 4.57 Å². The zero-order valence-electron chi connectivity index (χ0n) is 20.4. The number of carbonyl (C=O) groups excluding carboxylic acids is 1. The maximum atomic E-state index is 14.8. The van der Waals surface area contributed by atoms with Crippen LogP contribution in [0.3, 0.4) is 0 Å². The predicted molar refractivity (Wildman–Crippen MR) is 152 cm³/mol. The fourth-order valence-corrected chi connectivity index (χ4v) is 8.28. The number of amides is 1. The highest BCUT2D eigenvalue weighted by Gasteiger charge is 2.25. The average molecular weight is 614 g/mol. The van der Waals surface area contributed by atoms with Crippen molar-refractivity contribution in [3.05, 3.63) is 84.5 Å². The fourth-order valence-electron chi connectivity index (χ4n) is 5.09. The van der Waals surface area contributed by atoms with Crippen molar-refractivity contribution in [2.24, 2.45) is 0 Å². The van der Waals surface area contributed by atoms with Gasteiger partial charge in [-0.2, -0.15) is 0 Å². The van der Waals surface area contributed by atoms with Gasteiger partial charge in [0.2, 0.25) is 5.91 Å². The summed E-state index contributed by atoms with van der Waals surface area (Å²) in [7, 11) is -4.12. The molecule has 4 aromatic rings. The lowest BCUT2D eigenvalue weighted by Gasteiger charge is -2.17. The quantitative estimate of drug-likeness (QED) is 0.235. The Bertz CT molecular complexity index is 1660. The highest BCUT2D eigenvalue weighted by molar-refractivity contribution is 7.92. The molecule has 0 unspecified atom stereocenters. The third-order valence-electron chi connectivity index (χ3n) is 6.81. The molecule has 2 heterocycles. The van der Waals surface area contributed by atoms with E-state index >= 15 is 0 Å². The first kappa shape index (κ1) is 27.5. The van der Waals surface area contributed by atoms with Crippen molar-refractivity contribution in [3.63, 3.8) is 0 Å². The summed E-state index contributed by atoms with van der Waals surface area (Å²) in [5.41, 5.74) is 5.82. The first-order valence-corrected chi connectivity index (χ1v) is 15.5. The van der Waals surface area contributed by atoms with Crippen LogP contribution in [-0.2, 0) is 40.6 Å². The van der Waals surface area contributed by atoms with Crippen LogP contribution < -0.4 is 4.72 Å². The molecule has 0 fully saturated rings. The van der Waals surface area contributed by atoms with E-state index in [0.717, 1.165) is 70.3 Å². The van der Waals surface area contributed by atoms with E-state index in [1.807, 2.05) is 25.1 Å². The van der Waals surface area contributed by atoms with Crippen LogP contribution in [0.25, 0.3) is 10.9 Å². The minimum Gasteiger partial charge on any atom is -0.340 e. The second-order valence-corrected chi connectivity index (χ2v) is 13.9. The van der Waals surface area contributed by atoms with Crippen molar-refractivity contribution >= 4 is 73.0 Å². The molecule has 0 bridgehead atoms. The van der Waals surface area contributed by atoms with Crippen LogP contribution in [0.5, 0.6) is 0 Å². The van der Waals surface area contributed by atoms with Crippen molar-refractivity contribution in [2.45, 2.75) is 56.2 Å². The van der Waals surface area contributed by atoms with E-state index in [1.165, 1.54) is 12.1 Å². The van der Waals surface area contributed by atoms with Gasteiger partial charge in [-0.1, -0.05) is 46.9 Å². The number of halogens is 4. The van der Waals surface area contributed by atoms with Gasteiger partial charge in [0.15, 0.2) is 0 Å². The van der Waals surface area contributed by atoms with Gasteiger partial charge in [-0.15, -0.1) is 11.3 Å². The molecule has 0 aliphatic heterocycles. The Labute approximate surface area is 239 Å². The Kier molecular flexibility index (Phi) is 7.82. The first-order valence-electron chi connectivity index (χ1n) is 12.1. The molecule has 38 heavy (non-hydrogen) atoms. The Morgan fingerprint density at radius 3 is 2.53 bits per heavy atom. The molecule has 1 aliphatic carbocycles. The Morgan fingerprint density at radius 2 is 1.82 bits per heavy atom. The Morgan fingerprint density at radius 1 is 1.05 bits per heavy atom. The van der Waals surface area contributed by atoms with Gasteiger partial charge in [0.25, 0.3) is 10.0 Å². The van der Waals surface area contributed by atoms with Gasteiger partial charge in [0.1, 0.15) is 14.4 Å². The molecule has 1 N–H and O–H groups in total. The van der Waals surface area contributed by atoms with Crippen LogP contribution in [0, 0.1) is 12.7 Å². The summed E-state index contributed by atoms with van der Waals surface area (Å²) >= 11 is 19.1. The molecular weight excluding hydrogens is 590 g/mol. The smallest absolute Gasteiger partial charge is 0.273 e. The van der Waals surface area contributed by atoms with E-state index in [0.29, 0.717) is 17.1 Å². The lowest BCUT2D eigenvalue weighted by molar-refractivity contribution is -0.119. The third-order valence-corrected chi connectivity index (χ3v) is 10.9. The monoisotopic (exact) mass is 612 g/mol. The molecule has 0 saturated heterocycles. The minimum absolute atomic E-state index is 0.102. The lowest BCUT2D eigenvalue weighted by Crippen LogP contribution is -2.30. The van der Waals surface area contributed by atoms with E-state index in [9.17, 15) is 17.6 Å². The van der Waals surface area contributed by atoms with Gasteiger partial charge in [0, 0.05) is 29.1 Å². The Hall–Kier alpha value is -2.10. The molecule has 0 spiro atoms. The standard InChI is InChI=1S/C27H24Cl3FN2O3S2/c1-15-6-7-17(21(28)10-15)14-33-23-5-3-2-4-19(23)20-12-18(31)11-16(26(20)33)8-9-24(34)32-38(35,36)25-13-22(29)27(30)37-25/h6-7,10-13H,2-5,8-9,14H2,1H3,(H,32,34). The number of benzene rings is 2. The highest BCUT2D eigenvalue weighted by Crippen LogP contribution is 2.37. The molecule has 2 aromatic carbocycles. The summed E-state index contributed by atoms with van der Waals surface area (Å²) in [6.45, 7) is 2.50. The number of hydrogen-bond acceptors (Lipinski definition) is 4. The number of aryl methyl sites for hydroxylation is 3. The molecule has 11 heteroatoms. The molecule has 1 amide bonds. The van der Waals surface area contributed by atoms with Crippen molar-refractivity contribution in [1.29, 1.82) is 0 Å². The number of sulfonamides is 1. The SMILES string of the molecule is Cc1ccc(Cn2c3c(c4cc(F)cc(CCC(=O)NS(=O)(=O)c5cc(Cl)c(Cl)s5)c42)CCCC3)c(Cl)c1. The number of rotatable bonds is 7. The van der Waals surface area contributed by atoms with Crippen LogP contribution in [0.15, 0.2) is 40.6 Å². The second-order valence-electron chi connectivity index (χ2n) is 9.49. The maximum Gasteiger partial charge on any atom is 0.273 e. The Balaban J connectivity index is 1.48. The second kappa shape index (κ2) is 10.8. The fraction of sp³-hybridized carbons (Fsp3) is 0.296. The number of nitrogens with zero attached hydrogens (tertiary/aromatic N) is 1.